The Labute approximate surface area is 110 Å². The van der Waals surface area contributed by atoms with E-state index in [-0.39, 0.29) is 0 Å². The summed E-state index contributed by atoms with van der Waals surface area (Å²) in [6, 6.07) is 6.11. The molecule has 0 aromatic heterocycles. The Balaban J connectivity index is 3.03. The largest absolute Gasteiger partial charge is 0.435 e. The van der Waals surface area contributed by atoms with E-state index >= 15 is 0 Å². The predicted molar refractivity (Wildman–Crippen MR) is 78.4 cm³/mol. The van der Waals surface area contributed by atoms with Gasteiger partial charge in [-0.3, -0.25) is 0 Å². The number of thioether (sulfide) groups is 1. The summed E-state index contributed by atoms with van der Waals surface area (Å²) < 4.78 is 11.1. The van der Waals surface area contributed by atoms with Gasteiger partial charge in [0.25, 0.3) is 5.69 Å². The minimum Gasteiger partial charge on any atom is -0.435 e. The number of benzene rings is 1. The van der Waals surface area contributed by atoms with E-state index in [1.54, 1.807) is 18.9 Å². The summed E-state index contributed by atoms with van der Waals surface area (Å²) in [5.41, 5.74) is -1.07. The molecule has 0 bridgehead atoms. The van der Waals surface area contributed by atoms with Crippen LogP contribution in [0.5, 0.6) is 5.75 Å². The third-order valence-electron chi connectivity index (χ3n) is 1.98. The van der Waals surface area contributed by atoms with Crippen molar-refractivity contribution in [3.63, 3.8) is 0 Å². The van der Waals surface area contributed by atoms with Crippen LogP contribution in [0.2, 0.25) is 0 Å². The number of rotatable bonds is 5. The van der Waals surface area contributed by atoms with Gasteiger partial charge in [0.1, 0.15) is 5.75 Å². The lowest BCUT2D eigenvalue weighted by Gasteiger charge is -2.20. The Morgan fingerprint density at radius 2 is 2.00 bits per heavy atom. The van der Waals surface area contributed by atoms with Crippen LogP contribution in [0, 0.1) is 6.92 Å². The maximum absolute atomic E-state index is 5.85. The van der Waals surface area contributed by atoms with Gasteiger partial charge in [-0.2, -0.15) is 0 Å². The molecular formula is C10H15O2PS3. The van der Waals surface area contributed by atoms with Gasteiger partial charge in [-0.25, -0.2) is 0 Å². The van der Waals surface area contributed by atoms with Gasteiger partial charge in [0.15, 0.2) is 0 Å². The van der Waals surface area contributed by atoms with E-state index in [9.17, 15) is 0 Å². The van der Waals surface area contributed by atoms with Gasteiger partial charge in [-0.15, -0.1) is 11.8 Å². The minimum atomic E-state index is -2.23. The number of aryl methyl sites for hydroxylation is 1. The maximum Gasteiger partial charge on any atom is 0.297 e. The van der Waals surface area contributed by atoms with Crippen LogP contribution >= 0.6 is 28.8 Å². The lowest BCUT2D eigenvalue weighted by Crippen LogP contribution is -1.93. The second-order valence-corrected chi connectivity index (χ2v) is 10.4. The first kappa shape index (κ1) is 14.4. The van der Waals surface area contributed by atoms with Crippen molar-refractivity contribution in [3.8, 4) is 5.75 Å². The van der Waals surface area contributed by atoms with Crippen molar-refractivity contribution in [2.75, 3.05) is 19.6 Å². The van der Waals surface area contributed by atoms with E-state index in [0.29, 0.717) is 0 Å². The van der Waals surface area contributed by atoms with E-state index in [1.807, 2.05) is 31.6 Å². The van der Waals surface area contributed by atoms with Crippen molar-refractivity contribution in [2.24, 2.45) is 0 Å². The summed E-state index contributed by atoms with van der Waals surface area (Å²) in [7, 11) is 1.60. The Bertz CT molecular complexity index is 401. The molecule has 0 fully saturated rings. The zero-order valence-corrected chi connectivity index (χ0v) is 13.1. The maximum atomic E-state index is 5.85. The van der Waals surface area contributed by atoms with Gasteiger partial charge < -0.3 is 9.05 Å². The molecule has 0 aliphatic rings. The van der Waals surface area contributed by atoms with Crippen molar-refractivity contribution in [1.29, 1.82) is 0 Å². The van der Waals surface area contributed by atoms with Crippen LogP contribution < -0.4 is 4.52 Å². The lowest BCUT2D eigenvalue weighted by molar-refractivity contribution is 0.406. The first-order valence-corrected chi connectivity index (χ1v) is 10.3. The Morgan fingerprint density at radius 3 is 2.50 bits per heavy atom. The average Bonchev–Trinajstić information content (AvgIpc) is 2.29. The van der Waals surface area contributed by atoms with Gasteiger partial charge >= 0.3 is 0 Å². The van der Waals surface area contributed by atoms with Crippen LogP contribution in [-0.2, 0) is 16.3 Å². The van der Waals surface area contributed by atoms with E-state index in [2.05, 4.69) is 6.07 Å². The second kappa shape index (κ2) is 6.31. The average molecular weight is 294 g/mol. The molecule has 1 aromatic rings. The molecule has 0 heterocycles. The molecule has 0 aliphatic heterocycles. The molecule has 2 nitrogen and oxygen atoms in total. The first-order valence-electron chi connectivity index (χ1n) is 4.60. The zero-order chi connectivity index (χ0) is 12.2. The number of hydrogen-bond acceptors (Lipinski definition) is 5. The summed E-state index contributed by atoms with van der Waals surface area (Å²) in [4.78, 5) is 1.09. The Morgan fingerprint density at radius 1 is 1.31 bits per heavy atom. The molecule has 90 valence electrons. The zero-order valence-electron chi connectivity index (χ0n) is 9.72. The molecule has 0 N–H and O–H groups in total. The molecule has 0 aliphatic carbocycles. The molecule has 1 rings (SSSR count). The van der Waals surface area contributed by atoms with E-state index in [0.717, 1.165) is 16.2 Å². The summed E-state index contributed by atoms with van der Waals surface area (Å²) in [6.45, 7) is 2.03. The van der Waals surface area contributed by atoms with Gasteiger partial charge in [0.05, 0.1) is 0 Å². The first-order chi connectivity index (χ1) is 7.54. The Kier molecular flexibility index (Phi) is 5.68. The standard InChI is InChI=1S/C10H15O2PS3/c1-8-5-6-10(15-3)9(7-8)12-13(14,11-2)16-4/h5-7H,1-4H3. The van der Waals surface area contributed by atoms with Gasteiger partial charge in [-0.1, -0.05) is 17.4 Å². The fraction of sp³-hybridized carbons (Fsp3) is 0.400. The molecule has 1 atom stereocenters. The Hall–Kier alpha value is 0.330. The molecule has 0 amide bonds. The highest BCUT2D eigenvalue weighted by Crippen LogP contribution is 2.59. The molecule has 1 unspecified atom stereocenters. The van der Waals surface area contributed by atoms with Crippen LogP contribution in [-0.4, -0.2) is 19.6 Å². The highest BCUT2D eigenvalue weighted by molar-refractivity contribution is 8.67. The van der Waals surface area contributed by atoms with Crippen LogP contribution in [0.25, 0.3) is 0 Å². The van der Waals surface area contributed by atoms with Crippen molar-refractivity contribution in [1.82, 2.24) is 0 Å². The second-order valence-electron chi connectivity index (χ2n) is 3.06. The topological polar surface area (TPSA) is 18.5 Å². The van der Waals surface area contributed by atoms with Crippen molar-refractivity contribution >= 4 is 40.6 Å². The van der Waals surface area contributed by atoms with Crippen LogP contribution in [0.1, 0.15) is 5.56 Å². The van der Waals surface area contributed by atoms with Crippen molar-refractivity contribution in [3.05, 3.63) is 23.8 Å². The molecule has 0 saturated carbocycles. The summed E-state index contributed by atoms with van der Waals surface area (Å²) >= 11 is 8.47. The molecule has 1 aromatic carbocycles. The summed E-state index contributed by atoms with van der Waals surface area (Å²) in [5.74, 6) is 0.826. The fourth-order valence-corrected chi connectivity index (χ4v) is 3.54. The van der Waals surface area contributed by atoms with Crippen molar-refractivity contribution < 1.29 is 9.05 Å². The molecular weight excluding hydrogens is 279 g/mol. The molecule has 0 saturated heterocycles. The highest BCUT2D eigenvalue weighted by Gasteiger charge is 2.19. The van der Waals surface area contributed by atoms with Crippen LogP contribution in [0.4, 0.5) is 0 Å². The van der Waals surface area contributed by atoms with E-state index < -0.39 is 5.69 Å². The smallest absolute Gasteiger partial charge is 0.297 e. The highest BCUT2D eigenvalue weighted by atomic mass is 32.9. The third-order valence-corrected chi connectivity index (χ3v) is 8.09. The molecule has 0 spiro atoms. The molecule has 16 heavy (non-hydrogen) atoms. The van der Waals surface area contributed by atoms with E-state index in [4.69, 9.17) is 20.9 Å². The number of hydrogen-bond donors (Lipinski definition) is 0. The molecule has 0 radical (unpaired) electrons. The third kappa shape index (κ3) is 3.67. The molecule has 6 heteroatoms. The minimum absolute atomic E-state index is 0.826. The lowest BCUT2D eigenvalue weighted by atomic mass is 10.2. The van der Waals surface area contributed by atoms with E-state index in [1.165, 1.54) is 11.4 Å². The SMILES string of the molecule is COP(=S)(Oc1cc(C)ccc1SC)SC. The van der Waals surface area contributed by atoms with Crippen LogP contribution in [0.3, 0.4) is 0 Å². The quantitative estimate of drug-likeness (QED) is 0.592. The fourth-order valence-electron chi connectivity index (χ4n) is 1.12. The summed E-state index contributed by atoms with van der Waals surface area (Å²) in [6.07, 6.45) is 3.94. The van der Waals surface area contributed by atoms with Gasteiger partial charge in [0.2, 0.25) is 0 Å². The van der Waals surface area contributed by atoms with Crippen LogP contribution in [0.15, 0.2) is 23.1 Å². The van der Waals surface area contributed by atoms with Gasteiger partial charge in [-0.05, 0) is 48.9 Å². The summed E-state index contributed by atoms with van der Waals surface area (Å²) in [5, 5.41) is 0. The monoisotopic (exact) mass is 294 g/mol. The van der Waals surface area contributed by atoms with Crippen molar-refractivity contribution in [2.45, 2.75) is 11.8 Å². The predicted octanol–water partition coefficient (Wildman–Crippen LogP) is 4.33. The normalized spacial score (nSPS) is 14.5. The van der Waals surface area contributed by atoms with Gasteiger partial charge in [0, 0.05) is 12.0 Å².